The molecule has 1 aliphatic rings. The number of nitro groups is 1. The lowest BCUT2D eigenvalue weighted by Gasteiger charge is -2.16. The Hall–Kier alpha value is -2.65. The van der Waals surface area contributed by atoms with E-state index in [1.807, 2.05) is 0 Å². The number of nitrogens with zero attached hydrogens (tertiary/aromatic N) is 2. The van der Waals surface area contributed by atoms with Crippen LogP contribution < -0.4 is 10.2 Å². The number of urea groups is 1. The van der Waals surface area contributed by atoms with Crippen LogP contribution in [-0.4, -0.2) is 22.9 Å². The number of aryl methyl sites for hydroxylation is 1. The molecule has 1 aromatic rings. The van der Waals surface area contributed by atoms with Gasteiger partial charge in [-0.25, -0.2) is 9.69 Å². The van der Waals surface area contributed by atoms with Gasteiger partial charge in [-0.3, -0.25) is 14.9 Å². The van der Waals surface area contributed by atoms with Crippen molar-refractivity contribution in [1.29, 1.82) is 0 Å². The molecule has 0 saturated carbocycles. The van der Waals surface area contributed by atoms with Crippen LogP contribution in [0.4, 0.5) is 29.3 Å². The van der Waals surface area contributed by atoms with E-state index in [4.69, 9.17) is 0 Å². The van der Waals surface area contributed by atoms with Gasteiger partial charge < -0.3 is 5.32 Å². The fourth-order valence-corrected chi connectivity index (χ4v) is 2.20. The normalized spacial score (nSPS) is 18.6. The molecule has 1 aliphatic heterocycles. The van der Waals surface area contributed by atoms with E-state index in [2.05, 4.69) is 5.32 Å². The van der Waals surface area contributed by atoms with Gasteiger partial charge in [-0.2, -0.15) is 13.2 Å². The van der Waals surface area contributed by atoms with Crippen LogP contribution in [0.3, 0.4) is 0 Å². The maximum Gasteiger partial charge on any atom is 0.423 e. The zero-order valence-corrected chi connectivity index (χ0v) is 11.4. The quantitative estimate of drug-likeness (QED) is 0.515. The lowest BCUT2D eigenvalue weighted by atomic mass is 10.1. The molecule has 1 unspecified atom stereocenters. The highest BCUT2D eigenvalue weighted by Gasteiger charge is 2.42. The second-order valence-electron chi connectivity index (χ2n) is 4.76. The summed E-state index contributed by atoms with van der Waals surface area (Å²) in [5.74, 6) is -0.730. The van der Waals surface area contributed by atoms with Gasteiger partial charge in [0.05, 0.1) is 10.6 Å². The number of halogens is 3. The number of hydrogen-bond donors (Lipinski definition) is 1. The molecule has 1 atom stereocenters. The summed E-state index contributed by atoms with van der Waals surface area (Å²) in [5.41, 5.74) is -3.26. The molecular weight excluding hydrogens is 307 g/mol. The van der Waals surface area contributed by atoms with Gasteiger partial charge >= 0.3 is 12.2 Å². The van der Waals surface area contributed by atoms with E-state index in [-0.39, 0.29) is 11.3 Å². The highest BCUT2D eigenvalue weighted by molar-refractivity contribution is 6.21. The average molecular weight is 317 g/mol. The van der Waals surface area contributed by atoms with Crippen molar-refractivity contribution in [3.05, 3.63) is 33.4 Å². The molecule has 0 aromatic heterocycles. The fraction of sp³-hybridized carbons (Fsp3) is 0.333. The molecule has 118 valence electrons. The van der Waals surface area contributed by atoms with Crippen molar-refractivity contribution in [3.63, 3.8) is 0 Å². The zero-order chi connectivity index (χ0) is 16.8. The van der Waals surface area contributed by atoms with Crippen LogP contribution in [0.15, 0.2) is 12.1 Å². The minimum absolute atomic E-state index is 0.296. The van der Waals surface area contributed by atoms with Gasteiger partial charge in [0.15, 0.2) is 0 Å². The summed E-state index contributed by atoms with van der Waals surface area (Å²) < 4.78 is 39.1. The lowest BCUT2D eigenvalue weighted by molar-refractivity contribution is -0.388. The van der Waals surface area contributed by atoms with Crippen molar-refractivity contribution in [2.24, 2.45) is 0 Å². The number of imide groups is 1. The first-order valence-corrected chi connectivity index (χ1v) is 6.04. The summed E-state index contributed by atoms with van der Waals surface area (Å²) in [6.07, 6.45) is -4.99. The second-order valence-corrected chi connectivity index (χ2v) is 4.76. The number of nitro benzene ring substituents is 1. The predicted molar refractivity (Wildman–Crippen MR) is 68.3 cm³/mol. The molecule has 22 heavy (non-hydrogen) atoms. The van der Waals surface area contributed by atoms with Gasteiger partial charge in [0.2, 0.25) is 0 Å². The van der Waals surface area contributed by atoms with E-state index in [9.17, 15) is 32.9 Å². The number of amides is 3. The summed E-state index contributed by atoms with van der Waals surface area (Å²) in [5, 5.41) is 13.1. The monoisotopic (exact) mass is 317 g/mol. The first kappa shape index (κ1) is 15.7. The summed E-state index contributed by atoms with van der Waals surface area (Å²) >= 11 is 0. The molecule has 10 heteroatoms. The van der Waals surface area contributed by atoms with Crippen LogP contribution in [0.5, 0.6) is 0 Å². The number of anilines is 1. The van der Waals surface area contributed by atoms with Gasteiger partial charge in [-0.05, 0) is 26.0 Å². The Balaban J connectivity index is 2.66. The Labute approximate surface area is 121 Å². The number of rotatable bonds is 2. The summed E-state index contributed by atoms with van der Waals surface area (Å²) in [7, 11) is 0. The maximum absolute atomic E-state index is 13.0. The second kappa shape index (κ2) is 4.97. The van der Waals surface area contributed by atoms with Gasteiger partial charge in [0.1, 0.15) is 11.6 Å². The van der Waals surface area contributed by atoms with E-state index < -0.39 is 40.3 Å². The van der Waals surface area contributed by atoms with Gasteiger partial charge in [-0.15, -0.1) is 0 Å². The third-order valence-electron chi connectivity index (χ3n) is 3.17. The third kappa shape index (κ3) is 2.47. The summed E-state index contributed by atoms with van der Waals surface area (Å²) in [6.45, 7) is 2.49. The molecule has 1 fully saturated rings. The summed E-state index contributed by atoms with van der Waals surface area (Å²) in [6, 6.07) is -0.319. The predicted octanol–water partition coefficient (Wildman–Crippen LogP) is 2.37. The topological polar surface area (TPSA) is 92.6 Å². The zero-order valence-electron chi connectivity index (χ0n) is 11.4. The van der Waals surface area contributed by atoms with Crippen molar-refractivity contribution in [3.8, 4) is 0 Å². The lowest BCUT2D eigenvalue weighted by Crippen LogP contribution is -2.31. The van der Waals surface area contributed by atoms with Gasteiger partial charge in [0, 0.05) is 5.56 Å². The Bertz CT molecular complexity index is 687. The van der Waals surface area contributed by atoms with Crippen LogP contribution >= 0.6 is 0 Å². The van der Waals surface area contributed by atoms with E-state index >= 15 is 0 Å². The number of hydrogen-bond acceptors (Lipinski definition) is 4. The number of nitrogens with one attached hydrogen (secondary N) is 1. The Morgan fingerprint density at radius 2 is 1.91 bits per heavy atom. The molecule has 0 spiro atoms. The molecule has 0 aliphatic carbocycles. The van der Waals surface area contributed by atoms with E-state index in [0.29, 0.717) is 11.0 Å². The summed E-state index contributed by atoms with van der Waals surface area (Å²) in [4.78, 5) is 33.7. The Morgan fingerprint density at radius 1 is 1.32 bits per heavy atom. The maximum atomic E-state index is 13.0. The highest BCUT2D eigenvalue weighted by Crippen LogP contribution is 2.40. The largest absolute Gasteiger partial charge is 0.423 e. The number of alkyl halides is 3. The molecule has 7 nitrogen and oxygen atoms in total. The van der Waals surface area contributed by atoms with E-state index in [0.717, 1.165) is 13.0 Å². The third-order valence-corrected chi connectivity index (χ3v) is 3.17. The molecule has 1 saturated heterocycles. The number of carbonyl (C=O) groups excluding carboxylic acids is 2. The van der Waals surface area contributed by atoms with Crippen LogP contribution in [-0.2, 0) is 11.0 Å². The minimum Gasteiger partial charge on any atom is -0.326 e. The molecule has 1 aromatic carbocycles. The molecule has 1 heterocycles. The van der Waals surface area contributed by atoms with Gasteiger partial charge in [0.25, 0.3) is 11.6 Å². The van der Waals surface area contributed by atoms with E-state index in [1.165, 1.54) is 6.92 Å². The van der Waals surface area contributed by atoms with Crippen LogP contribution in [0.1, 0.15) is 18.1 Å². The number of benzene rings is 1. The smallest absolute Gasteiger partial charge is 0.326 e. The van der Waals surface area contributed by atoms with Crippen LogP contribution in [0.2, 0.25) is 0 Å². The van der Waals surface area contributed by atoms with Gasteiger partial charge in [-0.1, -0.05) is 0 Å². The molecule has 3 amide bonds. The molecule has 2 rings (SSSR count). The fourth-order valence-electron chi connectivity index (χ4n) is 2.20. The molecule has 1 N–H and O–H groups in total. The first-order valence-electron chi connectivity index (χ1n) is 6.04. The van der Waals surface area contributed by atoms with Crippen LogP contribution in [0.25, 0.3) is 0 Å². The number of carbonyl (C=O) groups is 2. The van der Waals surface area contributed by atoms with Crippen molar-refractivity contribution in [2.45, 2.75) is 26.1 Å². The standard InChI is InChI=1S/C12H10F3N3O4/c1-5-3-7(17-10(19)6(2)16-11(17)20)4-8(12(13,14)15)9(5)18(21)22/h3-4,6H,1-2H3,(H,16,20). The SMILES string of the molecule is Cc1cc(N2C(=O)NC(C)C2=O)cc(C(F)(F)F)c1[N+](=O)[O-]. The first-order chi connectivity index (χ1) is 10.0. The van der Waals surface area contributed by atoms with Crippen molar-refractivity contribution < 1.29 is 27.7 Å². The minimum atomic E-state index is -4.99. The molecular formula is C12H10F3N3O4. The van der Waals surface area contributed by atoms with E-state index in [1.54, 1.807) is 0 Å². The molecule has 0 radical (unpaired) electrons. The van der Waals surface area contributed by atoms with Crippen molar-refractivity contribution >= 4 is 23.3 Å². The highest BCUT2D eigenvalue weighted by atomic mass is 19.4. The Kier molecular flexibility index (Phi) is 3.55. The van der Waals surface area contributed by atoms with Crippen molar-refractivity contribution in [1.82, 2.24) is 5.32 Å². The molecule has 0 bridgehead atoms. The van der Waals surface area contributed by atoms with Crippen molar-refractivity contribution in [2.75, 3.05) is 4.90 Å². The average Bonchev–Trinajstić information content (AvgIpc) is 2.60. The van der Waals surface area contributed by atoms with Crippen LogP contribution in [0, 0.1) is 17.0 Å². The Morgan fingerprint density at radius 3 is 2.32 bits per heavy atom.